The number of benzene rings is 2. The van der Waals surface area contributed by atoms with Crippen LogP contribution in [0.1, 0.15) is 15.9 Å². The van der Waals surface area contributed by atoms with Crippen LogP contribution in [0.4, 0.5) is 0 Å². The Morgan fingerprint density at radius 1 is 1.11 bits per heavy atom. The van der Waals surface area contributed by atoms with E-state index in [1.807, 2.05) is 47.8 Å². The number of hydrogen-bond donors (Lipinski definition) is 0. The average molecular weight is 268 g/mol. The van der Waals surface area contributed by atoms with Crippen LogP contribution in [0.2, 0.25) is 0 Å². The molecule has 0 N–H and O–H groups in total. The first-order valence-corrected chi connectivity index (χ1v) is 6.82. The summed E-state index contributed by atoms with van der Waals surface area (Å²) in [5.41, 5.74) is 1.41. The van der Waals surface area contributed by atoms with E-state index in [2.05, 4.69) is 0 Å². The second-order valence-electron chi connectivity index (χ2n) is 4.21. The summed E-state index contributed by atoms with van der Waals surface area (Å²) in [4.78, 5) is 12.5. The highest BCUT2D eigenvalue weighted by atomic mass is 32.1. The summed E-state index contributed by atoms with van der Waals surface area (Å²) < 4.78 is 6.29. The Hall–Kier alpha value is -2.13. The Labute approximate surface area is 115 Å². The van der Waals surface area contributed by atoms with Crippen molar-refractivity contribution in [2.75, 3.05) is 7.11 Å². The summed E-state index contributed by atoms with van der Waals surface area (Å²) in [6, 6.07) is 15.2. The van der Waals surface area contributed by atoms with E-state index in [0.29, 0.717) is 11.3 Å². The molecule has 1 aromatic heterocycles. The van der Waals surface area contributed by atoms with E-state index in [1.165, 1.54) is 0 Å². The minimum atomic E-state index is 0.0383. The number of ketones is 1. The first-order valence-electron chi connectivity index (χ1n) is 5.94. The number of hydrogen-bond acceptors (Lipinski definition) is 3. The molecular formula is C16H12O2S. The lowest BCUT2D eigenvalue weighted by Crippen LogP contribution is -2.00. The molecule has 94 valence electrons. The van der Waals surface area contributed by atoms with E-state index in [-0.39, 0.29) is 5.78 Å². The third kappa shape index (κ3) is 2.13. The van der Waals surface area contributed by atoms with Crippen molar-refractivity contribution in [1.82, 2.24) is 0 Å². The summed E-state index contributed by atoms with van der Waals surface area (Å²) in [6.07, 6.45) is 0. The molecule has 0 saturated carbocycles. The van der Waals surface area contributed by atoms with Crippen LogP contribution in [-0.4, -0.2) is 12.9 Å². The number of thiophene rings is 1. The molecule has 0 saturated heterocycles. The lowest BCUT2D eigenvalue weighted by molar-refractivity contribution is 0.104. The molecule has 2 aromatic carbocycles. The molecule has 0 aliphatic rings. The third-order valence-corrected chi connectivity index (χ3v) is 4.02. The maximum absolute atomic E-state index is 12.5. The Balaban J connectivity index is 2.08. The molecule has 0 unspecified atom stereocenters. The van der Waals surface area contributed by atoms with Crippen molar-refractivity contribution >= 4 is 27.2 Å². The van der Waals surface area contributed by atoms with Crippen molar-refractivity contribution in [2.24, 2.45) is 0 Å². The van der Waals surface area contributed by atoms with Crippen molar-refractivity contribution in [3.05, 3.63) is 65.0 Å². The predicted molar refractivity (Wildman–Crippen MR) is 78.3 cm³/mol. The van der Waals surface area contributed by atoms with E-state index >= 15 is 0 Å². The first kappa shape index (κ1) is 11.9. The summed E-state index contributed by atoms with van der Waals surface area (Å²) in [6.45, 7) is 0. The zero-order valence-corrected chi connectivity index (χ0v) is 11.2. The van der Waals surface area contributed by atoms with Gasteiger partial charge in [-0.2, -0.15) is 0 Å². The quantitative estimate of drug-likeness (QED) is 0.667. The Morgan fingerprint density at radius 3 is 2.79 bits per heavy atom. The van der Waals surface area contributed by atoms with Crippen LogP contribution in [0, 0.1) is 0 Å². The van der Waals surface area contributed by atoms with E-state index in [4.69, 9.17) is 4.74 Å². The molecule has 1 heterocycles. The molecule has 0 atom stereocenters. The highest BCUT2D eigenvalue weighted by molar-refractivity contribution is 7.17. The summed E-state index contributed by atoms with van der Waals surface area (Å²) in [5, 5.41) is 2.94. The number of ether oxygens (including phenoxy) is 1. The molecule has 2 nitrogen and oxygen atoms in total. The van der Waals surface area contributed by atoms with Gasteiger partial charge < -0.3 is 4.74 Å². The molecule has 3 aromatic rings. The fraction of sp³-hybridized carbons (Fsp3) is 0.0625. The van der Waals surface area contributed by atoms with Gasteiger partial charge in [-0.1, -0.05) is 30.3 Å². The van der Waals surface area contributed by atoms with Gasteiger partial charge in [0.05, 0.1) is 7.11 Å². The third-order valence-electron chi connectivity index (χ3n) is 3.06. The molecule has 0 fully saturated rings. The van der Waals surface area contributed by atoms with E-state index in [1.54, 1.807) is 24.5 Å². The van der Waals surface area contributed by atoms with Gasteiger partial charge >= 0.3 is 0 Å². The maximum atomic E-state index is 12.5. The van der Waals surface area contributed by atoms with Gasteiger partial charge in [0.25, 0.3) is 0 Å². The van der Waals surface area contributed by atoms with Gasteiger partial charge in [0.15, 0.2) is 5.78 Å². The highest BCUT2D eigenvalue weighted by Gasteiger charge is 2.14. The van der Waals surface area contributed by atoms with Crippen LogP contribution < -0.4 is 4.74 Å². The van der Waals surface area contributed by atoms with Gasteiger partial charge in [0.1, 0.15) is 5.75 Å². The van der Waals surface area contributed by atoms with Crippen molar-refractivity contribution in [3.63, 3.8) is 0 Å². The minimum absolute atomic E-state index is 0.0383. The van der Waals surface area contributed by atoms with E-state index in [0.717, 1.165) is 15.6 Å². The Kier molecular flexibility index (Phi) is 3.05. The van der Waals surface area contributed by atoms with Crippen molar-refractivity contribution < 1.29 is 9.53 Å². The van der Waals surface area contributed by atoms with Crippen LogP contribution in [0.5, 0.6) is 5.75 Å². The molecule has 0 spiro atoms. The van der Waals surface area contributed by atoms with Crippen molar-refractivity contribution in [3.8, 4) is 5.75 Å². The number of rotatable bonds is 3. The van der Waals surface area contributed by atoms with Crippen LogP contribution in [-0.2, 0) is 0 Å². The molecular weight excluding hydrogens is 256 g/mol. The molecule has 0 aliphatic heterocycles. The molecule has 0 aliphatic carbocycles. The van der Waals surface area contributed by atoms with Gasteiger partial charge in [-0.05, 0) is 18.2 Å². The number of fused-ring (bicyclic) bond motifs is 1. The standard InChI is InChI=1S/C16H12O2S/c1-18-12-6-4-5-11(9-12)16(17)14-10-19-15-8-3-2-7-13(14)15/h2-10H,1H3. The van der Waals surface area contributed by atoms with Crippen LogP contribution >= 0.6 is 11.3 Å². The fourth-order valence-electron chi connectivity index (χ4n) is 2.07. The van der Waals surface area contributed by atoms with Crippen LogP contribution in [0.25, 0.3) is 10.1 Å². The largest absolute Gasteiger partial charge is 0.497 e. The number of carbonyl (C=O) groups excluding carboxylic acids is 1. The minimum Gasteiger partial charge on any atom is -0.497 e. The van der Waals surface area contributed by atoms with Gasteiger partial charge in [0.2, 0.25) is 0 Å². The lowest BCUT2D eigenvalue weighted by atomic mass is 10.0. The first-order chi connectivity index (χ1) is 9.29. The van der Waals surface area contributed by atoms with E-state index < -0.39 is 0 Å². The molecule has 3 rings (SSSR count). The topological polar surface area (TPSA) is 26.3 Å². The zero-order valence-electron chi connectivity index (χ0n) is 10.4. The normalized spacial score (nSPS) is 10.6. The Bertz CT molecular complexity index is 743. The fourth-order valence-corrected chi connectivity index (χ4v) is 3.01. The molecule has 19 heavy (non-hydrogen) atoms. The second-order valence-corrected chi connectivity index (χ2v) is 5.12. The SMILES string of the molecule is COc1cccc(C(=O)c2csc3ccccc23)c1. The van der Waals surface area contributed by atoms with Gasteiger partial charge in [0, 0.05) is 26.6 Å². The molecule has 3 heteroatoms. The predicted octanol–water partition coefficient (Wildman–Crippen LogP) is 4.14. The summed E-state index contributed by atoms with van der Waals surface area (Å²) >= 11 is 1.59. The van der Waals surface area contributed by atoms with Gasteiger partial charge in [-0.3, -0.25) is 4.79 Å². The van der Waals surface area contributed by atoms with Gasteiger partial charge in [-0.15, -0.1) is 11.3 Å². The molecule has 0 radical (unpaired) electrons. The lowest BCUT2D eigenvalue weighted by Gasteiger charge is -2.03. The van der Waals surface area contributed by atoms with Crippen molar-refractivity contribution in [1.29, 1.82) is 0 Å². The number of methoxy groups -OCH3 is 1. The van der Waals surface area contributed by atoms with Crippen LogP contribution in [0.15, 0.2) is 53.9 Å². The molecule has 0 amide bonds. The van der Waals surface area contributed by atoms with E-state index in [9.17, 15) is 4.79 Å². The summed E-state index contributed by atoms with van der Waals surface area (Å²) in [7, 11) is 1.60. The smallest absolute Gasteiger partial charge is 0.194 e. The second kappa shape index (κ2) is 4.86. The van der Waals surface area contributed by atoms with Gasteiger partial charge in [-0.25, -0.2) is 0 Å². The molecule has 0 bridgehead atoms. The average Bonchev–Trinajstić information content (AvgIpc) is 2.90. The summed E-state index contributed by atoms with van der Waals surface area (Å²) in [5.74, 6) is 0.738. The maximum Gasteiger partial charge on any atom is 0.194 e. The van der Waals surface area contributed by atoms with Crippen molar-refractivity contribution in [2.45, 2.75) is 0 Å². The Morgan fingerprint density at radius 2 is 1.95 bits per heavy atom. The number of carbonyl (C=O) groups is 1. The zero-order chi connectivity index (χ0) is 13.2. The highest BCUT2D eigenvalue weighted by Crippen LogP contribution is 2.28. The van der Waals surface area contributed by atoms with Crippen LogP contribution in [0.3, 0.4) is 0 Å². The monoisotopic (exact) mass is 268 g/mol.